The Kier molecular flexibility index (Phi) is 30.4. The molecule has 10 heterocycles. The van der Waals surface area contributed by atoms with Crippen molar-refractivity contribution < 1.29 is 24.4 Å². The van der Waals surface area contributed by atoms with Gasteiger partial charge < -0.3 is 25.0 Å². The van der Waals surface area contributed by atoms with Crippen LogP contribution in [0.1, 0.15) is 59.7 Å². The molecule has 3 unspecified atom stereocenters. The van der Waals surface area contributed by atoms with Crippen LogP contribution in [0.15, 0.2) is 304 Å². The van der Waals surface area contributed by atoms with Gasteiger partial charge in [-0.1, -0.05) is 221 Å². The van der Waals surface area contributed by atoms with E-state index in [0.29, 0.717) is 16.7 Å². The number of ketones is 2. The van der Waals surface area contributed by atoms with Gasteiger partial charge in [0.1, 0.15) is 45.5 Å². The summed E-state index contributed by atoms with van der Waals surface area (Å²) in [6, 6.07) is 88.1. The second kappa shape index (κ2) is 42.3. The van der Waals surface area contributed by atoms with E-state index in [2.05, 4.69) is 218 Å². The second-order valence-corrected chi connectivity index (χ2v) is 37.2. The van der Waals surface area contributed by atoms with Crippen LogP contribution in [0.5, 0.6) is 0 Å². The Morgan fingerprint density at radius 1 is 0.397 bits per heavy atom. The number of nitrogens with one attached hydrogen (secondary N) is 4. The number of aromatic nitrogens is 17. The highest BCUT2D eigenvalue weighted by Gasteiger charge is 2.24. The van der Waals surface area contributed by atoms with E-state index in [9.17, 15) is 14.4 Å². The monoisotopic (exact) mass is 2000 g/mol. The van der Waals surface area contributed by atoms with E-state index < -0.39 is 42.5 Å². The highest BCUT2D eigenvalue weighted by atomic mass is 127. The van der Waals surface area contributed by atoms with Crippen LogP contribution in [-0.2, 0) is 4.79 Å². The average molecular weight is 2000 g/mol. The zero-order chi connectivity index (χ0) is 90.1. The first-order chi connectivity index (χ1) is 62.5. The number of nitrogens with zero attached hydrogens (tertiary/aromatic N) is 13. The van der Waals surface area contributed by atoms with Crippen LogP contribution in [0.2, 0.25) is 0 Å². The number of hydrogen-bond donors (Lipinski definition) is 6. The topological polar surface area (TPSA) is 299 Å². The number of aryl methyl sites for hydroxylation is 3. The van der Waals surface area contributed by atoms with Crippen molar-refractivity contribution in [3.05, 3.63) is 340 Å². The first-order valence-corrected chi connectivity index (χ1v) is 48.3. The summed E-state index contributed by atoms with van der Waals surface area (Å²) >= 11 is 4.53. The van der Waals surface area contributed by atoms with Crippen molar-refractivity contribution >= 4 is 198 Å². The van der Waals surface area contributed by atoms with E-state index in [0.717, 1.165) is 186 Å². The molecule has 642 valence electrons. The average Bonchev–Trinajstić information content (AvgIpc) is 1.62. The van der Waals surface area contributed by atoms with Gasteiger partial charge in [-0.05, 0) is 203 Å². The van der Waals surface area contributed by atoms with Gasteiger partial charge in [-0.25, -0.2) is 15.0 Å². The van der Waals surface area contributed by atoms with Crippen LogP contribution in [0.4, 0.5) is 0 Å². The molecule has 0 amide bonds. The lowest BCUT2D eigenvalue weighted by molar-refractivity contribution is -0.113. The molecule has 131 heavy (non-hydrogen) atoms. The van der Waals surface area contributed by atoms with Gasteiger partial charge in [0.05, 0.1) is 39.1 Å². The van der Waals surface area contributed by atoms with Crippen LogP contribution in [0.3, 0.4) is 0 Å². The molecule has 0 aliphatic carbocycles. The minimum Gasteiger partial charge on any atom is -0.423 e. The van der Waals surface area contributed by atoms with E-state index in [-0.39, 0.29) is 14.9 Å². The number of rotatable bonds is 15. The van der Waals surface area contributed by atoms with Crippen molar-refractivity contribution in [3.63, 3.8) is 0 Å². The number of halogens is 2. The third-order valence-corrected chi connectivity index (χ3v) is 25.3. The summed E-state index contributed by atoms with van der Waals surface area (Å²) in [7, 11) is 14.2. The number of benzene rings is 11. The second-order valence-electron chi connectivity index (χ2n) is 30.1. The predicted molar refractivity (Wildman–Crippen MR) is 559 cm³/mol. The summed E-state index contributed by atoms with van der Waals surface area (Å²) in [4.78, 5) is 70.2. The van der Waals surface area contributed by atoms with Crippen LogP contribution < -0.4 is 5.46 Å². The van der Waals surface area contributed by atoms with Crippen LogP contribution in [0, 0.1) is 27.9 Å². The molecular formula is C100H86B4I2N17O5P3. The molecule has 0 bridgehead atoms. The third kappa shape index (κ3) is 20.8. The molecule has 0 fully saturated rings. The van der Waals surface area contributed by atoms with Crippen molar-refractivity contribution in [1.82, 2.24) is 83.7 Å². The minimum absolute atomic E-state index is 0. The molecule has 0 aliphatic heterocycles. The smallest absolute Gasteiger partial charge is 0.423 e. The molecule has 0 spiro atoms. The number of H-pyrrole nitrogens is 4. The summed E-state index contributed by atoms with van der Waals surface area (Å²) in [6.07, 6.45) is 11.6. The Hall–Kier alpha value is -12.9. The minimum atomic E-state index is -1.46. The van der Waals surface area contributed by atoms with Gasteiger partial charge in [0.25, 0.3) is 0 Å². The highest BCUT2D eigenvalue weighted by Crippen LogP contribution is 2.43. The lowest BCUT2D eigenvalue weighted by Gasteiger charge is -2.09. The molecule has 31 heteroatoms. The SMILES string of the molecule is C.C.CC(=O)C(=O)c1ccccc1.Cc1[nH]c(-c2n[nH]c3ccc(-c4cncc5ccccc45)cc23)nc1-c1ccccc1.OB(O)c1cncc2ccccc12.[B]P(C)n1nc(-c2nc(-c3ccccc3)c(C)[nH]2)c2cc(-c3cncc4ccccc34)ccc21.[B]P(C)n1nc(-c2nc(-c3ccccc3)c(C)[nH]2)c2cc(I)ccc21.[B]P(C)n1nc(C=O)c2cc(I)ccc21. The molecule has 6 radical (unpaired) electrons. The number of carbonyl (C=O) groups is 3. The summed E-state index contributed by atoms with van der Waals surface area (Å²) < 4.78 is 7.81. The van der Waals surface area contributed by atoms with E-state index in [1.807, 2.05) is 184 Å². The van der Waals surface area contributed by atoms with Gasteiger partial charge in [-0.2, -0.15) is 20.4 Å². The highest BCUT2D eigenvalue weighted by molar-refractivity contribution is 14.1. The molecule has 0 saturated carbocycles. The third-order valence-electron chi connectivity index (χ3n) is 21.3. The van der Waals surface area contributed by atoms with Crippen molar-refractivity contribution in [3.8, 4) is 90.6 Å². The van der Waals surface area contributed by atoms with Crippen LogP contribution >= 0.6 is 69.0 Å². The number of aromatic amines is 4. The van der Waals surface area contributed by atoms with Gasteiger partial charge in [0.15, 0.2) is 29.5 Å². The molecule has 11 aromatic carbocycles. The van der Waals surface area contributed by atoms with Crippen molar-refractivity contribution in [2.75, 3.05) is 20.0 Å². The van der Waals surface area contributed by atoms with E-state index >= 15 is 0 Å². The lowest BCUT2D eigenvalue weighted by atomic mass is 9.78. The molecule has 22 nitrogen and oxygen atoms in total. The number of aldehydes is 1. The van der Waals surface area contributed by atoms with Gasteiger partial charge in [0, 0.05) is 139 Å². The summed E-state index contributed by atoms with van der Waals surface area (Å²) in [5.41, 5.74) is 21.3. The van der Waals surface area contributed by atoms with E-state index in [4.69, 9.17) is 57.9 Å². The summed E-state index contributed by atoms with van der Waals surface area (Å²) in [5, 5.41) is 50.0. The molecule has 3 atom stereocenters. The number of hydrogen-bond acceptors (Lipinski definition) is 15. The Bertz CT molecular complexity index is 7650. The molecule has 0 saturated heterocycles. The fourth-order valence-corrected chi connectivity index (χ4v) is 18.4. The summed E-state index contributed by atoms with van der Waals surface area (Å²) in [6.45, 7) is 13.3. The van der Waals surface area contributed by atoms with Gasteiger partial charge in [0.2, 0.25) is 5.78 Å². The summed E-state index contributed by atoms with van der Waals surface area (Å²) in [5.74, 6) is 1.43. The number of fused-ring (bicyclic) bond motifs is 7. The van der Waals surface area contributed by atoms with Crippen LogP contribution in [-0.4, -0.2) is 161 Å². The molecule has 6 N–H and O–H groups in total. The fraction of sp³-hybridized carbons (Fsp3) is 0.0900. The maximum Gasteiger partial charge on any atom is 0.490 e. The quantitative estimate of drug-likeness (QED) is 0.0139. The Labute approximate surface area is 792 Å². The number of Topliss-reactive ketones (excluding diaryl/α,β-unsaturated/α-hetero) is 2. The van der Waals surface area contributed by atoms with Gasteiger partial charge in [-0.3, -0.25) is 47.8 Å². The normalized spacial score (nSPS) is 11.6. The predicted octanol–water partition coefficient (Wildman–Crippen LogP) is 22.7. The maximum absolute atomic E-state index is 11.0. The molecule has 10 aromatic heterocycles. The molecule has 21 rings (SSSR count). The van der Waals surface area contributed by atoms with Crippen molar-refractivity contribution in [2.45, 2.75) is 42.5 Å². The van der Waals surface area contributed by atoms with Crippen molar-refractivity contribution in [1.29, 1.82) is 0 Å². The Morgan fingerprint density at radius 2 is 0.763 bits per heavy atom. The maximum atomic E-state index is 11.0. The van der Waals surface area contributed by atoms with Crippen molar-refractivity contribution in [2.24, 2.45) is 0 Å². The molecule has 21 aromatic rings. The molecule has 0 aliphatic rings. The fourth-order valence-electron chi connectivity index (χ4n) is 15.1. The Morgan fingerprint density at radius 3 is 1.21 bits per heavy atom. The molecular weight excluding hydrogens is 1910 g/mol. The number of pyridine rings is 3. The number of carbonyl (C=O) groups excluding carboxylic acids is 3. The standard InChI is InChI=1S/C27H21BN5P.C26H19N5.C18H15BIN4P.C9H7BIN2OP.C9H8BNO2.C9H8O2.2CH4/c1-17-25(18-8-4-3-5-9-18)31-27(30-17)26-22-14-19(12-13-24(22)33(32-26)34(2)28)23-16-29-15-20-10-6-7-11-21(20)23;1-16-24(17-7-3-2-4-8-17)29-26(28-16)25-21-13-18(11-12-23(21)30-31-25)22-15-27-14-19-9-5-6-10-20(19)22;1-11-16(12-6-4-3-5-7-12)22-18(21-11)17-14-10-13(20)8-9-15(14)24(23-17)25(2)19;1-15(10)13-9-3-2-6(11)4-7(9)8(5-14)12-13;12-10(13)9-6-11-5-7-3-1-2-4-8(7)9;1-7(10)9(11)8-5-3-2-4-6-8;;/h3-16H,1-2H3,(H,30,31);2-15H,1H3,(H,28,29)(H,30,31);3-10H,1-2H3,(H,21,22);2-5H,1H3;1-6,12-13H;2-6H,1H3;2*1H4. The van der Waals surface area contributed by atoms with E-state index in [1.54, 1.807) is 41.0 Å². The van der Waals surface area contributed by atoms with Gasteiger partial charge >= 0.3 is 7.12 Å². The lowest BCUT2D eigenvalue weighted by Crippen LogP contribution is -2.30. The first-order valence-electron chi connectivity index (χ1n) is 40.7. The first kappa shape index (κ1) is 94.2. The van der Waals surface area contributed by atoms with E-state index in [1.165, 1.54) is 23.9 Å². The zero-order valence-electron chi connectivity index (χ0n) is 70.8. The number of imidazole rings is 3. The largest absolute Gasteiger partial charge is 0.490 e. The zero-order valence-corrected chi connectivity index (χ0v) is 77.8. The van der Waals surface area contributed by atoms with Crippen LogP contribution in [0.25, 0.3) is 167 Å². The van der Waals surface area contributed by atoms with Gasteiger partial charge in [-0.15, -0.1) is 0 Å². The Balaban J connectivity index is 0.000000132.